The lowest BCUT2D eigenvalue weighted by Crippen LogP contribution is -2.20. The van der Waals surface area contributed by atoms with Crippen LogP contribution in [0.2, 0.25) is 0 Å². The average molecular weight is 327 g/mol. The van der Waals surface area contributed by atoms with Crippen LogP contribution in [0.1, 0.15) is 43.7 Å². The Hall–Kier alpha value is -2.83. The molecule has 2 heterocycles. The van der Waals surface area contributed by atoms with Crippen molar-refractivity contribution in [3.05, 3.63) is 35.7 Å². The molecule has 0 fully saturated rings. The van der Waals surface area contributed by atoms with Gasteiger partial charge in [0, 0.05) is 29.6 Å². The number of aromatic nitrogens is 4. The number of amides is 1. The first-order chi connectivity index (χ1) is 11.3. The molecule has 0 unspecified atom stereocenters. The summed E-state index contributed by atoms with van der Waals surface area (Å²) in [5, 5.41) is 24.5. The van der Waals surface area contributed by atoms with Crippen LogP contribution in [0.4, 0.5) is 5.82 Å². The van der Waals surface area contributed by atoms with Gasteiger partial charge in [-0.3, -0.25) is 14.6 Å². The number of phenolic OH excluding ortho intramolecular Hbond substituents is 1. The van der Waals surface area contributed by atoms with Crippen LogP contribution in [-0.2, 0) is 12.0 Å². The highest BCUT2D eigenvalue weighted by Gasteiger charge is 2.26. The molecule has 7 nitrogen and oxygen atoms in total. The average Bonchev–Trinajstić information content (AvgIpc) is 3.11. The summed E-state index contributed by atoms with van der Waals surface area (Å²) in [6, 6.07) is 4.83. The molecule has 0 spiro atoms. The van der Waals surface area contributed by atoms with E-state index in [0.29, 0.717) is 23.4 Å². The van der Waals surface area contributed by atoms with Crippen molar-refractivity contribution in [3.63, 3.8) is 0 Å². The monoisotopic (exact) mass is 327 g/mol. The molecule has 1 aromatic carbocycles. The highest BCUT2D eigenvalue weighted by Crippen LogP contribution is 2.27. The minimum atomic E-state index is -0.249. The predicted octanol–water partition coefficient (Wildman–Crippen LogP) is 3.03. The molecule has 3 rings (SSSR count). The number of phenols is 1. The van der Waals surface area contributed by atoms with Crippen LogP contribution in [0, 0.1) is 0 Å². The van der Waals surface area contributed by atoms with Gasteiger partial charge in [-0.2, -0.15) is 10.2 Å². The van der Waals surface area contributed by atoms with Crippen LogP contribution in [0.15, 0.2) is 24.4 Å². The Bertz CT molecular complexity index is 901. The van der Waals surface area contributed by atoms with Crippen LogP contribution in [0.25, 0.3) is 10.9 Å². The molecule has 2 aromatic heterocycles. The third-order valence-corrected chi connectivity index (χ3v) is 3.82. The molecule has 126 valence electrons. The summed E-state index contributed by atoms with van der Waals surface area (Å²) in [6.45, 7) is 8.76. The minimum Gasteiger partial charge on any atom is -0.508 e. The van der Waals surface area contributed by atoms with Crippen LogP contribution < -0.4 is 5.32 Å². The largest absolute Gasteiger partial charge is 0.508 e. The molecule has 0 aliphatic rings. The first kappa shape index (κ1) is 16.0. The molecule has 3 aromatic rings. The molecule has 0 saturated heterocycles. The van der Waals surface area contributed by atoms with Crippen molar-refractivity contribution in [1.29, 1.82) is 0 Å². The zero-order chi connectivity index (χ0) is 17.5. The van der Waals surface area contributed by atoms with Gasteiger partial charge in [0.1, 0.15) is 5.75 Å². The molecule has 0 aliphatic carbocycles. The molecule has 1 amide bonds. The van der Waals surface area contributed by atoms with E-state index in [1.165, 1.54) is 0 Å². The standard InChI is InChI=1S/C17H21N5O2/c1-5-22-9-12(14(21-22)17(2,3)4)16(24)18-15-11-7-6-10(23)8-13(11)19-20-15/h6-9,23H,5H2,1-4H3,(H2,18,19,20,24). The van der Waals surface area contributed by atoms with Gasteiger partial charge in [0.05, 0.1) is 16.8 Å². The number of benzene rings is 1. The number of fused-ring (bicyclic) bond motifs is 1. The molecular weight excluding hydrogens is 306 g/mol. The smallest absolute Gasteiger partial charge is 0.260 e. The Labute approximate surface area is 139 Å². The summed E-state index contributed by atoms with van der Waals surface area (Å²) in [7, 11) is 0. The second-order valence-electron chi connectivity index (χ2n) is 6.75. The van der Waals surface area contributed by atoms with E-state index in [1.54, 1.807) is 29.1 Å². The first-order valence-corrected chi connectivity index (χ1v) is 7.86. The molecule has 0 radical (unpaired) electrons. The van der Waals surface area contributed by atoms with Crippen molar-refractivity contribution in [2.24, 2.45) is 0 Å². The molecule has 0 aliphatic heterocycles. The number of hydrogen-bond donors (Lipinski definition) is 3. The third kappa shape index (κ3) is 2.84. The molecule has 24 heavy (non-hydrogen) atoms. The number of H-pyrrole nitrogens is 1. The zero-order valence-corrected chi connectivity index (χ0v) is 14.2. The number of nitrogens with one attached hydrogen (secondary N) is 2. The summed E-state index contributed by atoms with van der Waals surface area (Å²) in [4.78, 5) is 12.8. The molecular formula is C17H21N5O2. The maximum atomic E-state index is 12.8. The van der Waals surface area contributed by atoms with Gasteiger partial charge in [0.25, 0.3) is 5.91 Å². The van der Waals surface area contributed by atoms with Crippen molar-refractivity contribution in [2.75, 3.05) is 5.32 Å². The molecule has 3 N–H and O–H groups in total. The van der Waals surface area contributed by atoms with E-state index in [9.17, 15) is 9.90 Å². The summed E-state index contributed by atoms with van der Waals surface area (Å²) in [5.74, 6) is 0.323. The van der Waals surface area contributed by atoms with Crippen molar-refractivity contribution in [2.45, 2.75) is 39.7 Å². The van der Waals surface area contributed by atoms with Crippen molar-refractivity contribution >= 4 is 22.6 Å². The van der Waals surface area contributed by atoms with Crippen molar-refractivity contribution < 1.29 is 9.90 Å². The van der Waals surface area contributed by atoms with Gasteiger partial charge in [-0.25, -0.2) is 0 Å². The first-order valence-electron chi connectivity index (χ1n) is 7.86. The fourth-order valence-electron chi connectivity index (χ4n) is 2.58. The van der Waals surface area contributed by atoms with Gasteiger partial charge in [0.15, 0.2) is 5.82 Å². The Morgan fingerprint density at radius 2 is 2.12 bits per heavy atom. The Balaban J connectivity index is 1.96. The fourth-order valence-corrected chi connectivity index (χ4v) is 2.58. The topological polar surface area (TPSA) is 95.8 Å². The third-order valence-electron chi connectivity index (χ3n) is 3.82. The van der Waals surface area contributed by atoms with Gasteiger partial charge in [-0.15, -0.1) is 0 Å². The lowest BCUT2D eigenvalue weighted by molar-refractivity contribution is 0.102. The van der Waals surface area contributed by atoms with Crippen LogP contribution in [0.5, 0.6) is 5.75 Å². The number of aromatic hydroxyl groups is 1. The van der Waals surface area contributed by atoms with Gasteiger partial charge in [-0.1, -0.05) is 20.8 Å². The minimum absolute atomic E-state index is 0.142. The van der Waals surface area contributed by atoms with Crippen LogP contribution in [0.3, 0.4) is 0 Å². The lowest BCUT2D eigenvalue weighted by atomic mass is 9.89. The maximum Gasteiger partial charge on any atom is 0.260 e. The van der Waals surface area contributed by atoms with E-state index in [1.807, 2.05) is 27.7 Å². The number of hydrogen-bond acceptors (Lipinski definition) is 4. The highest BCUT2D eigenvalue weighted by molar-refractivity contribution is 6.08. The second kappa shape index (κ2) is 5.67. The Morgan fingerprint density at radius 1 is 1.38 bits per heavy atom. The number of rotatable bonds is 3. The maximum absolute atomic E-state index is 12.8. The summed E-state index contributed by atoms with van der Waals surface area (Å²) < 4.78 is 1.76. The highest BCUT2D eigenvalue weighted by atomic mass is 16.3. The fraction of sp³-hybridized carbons (Fsp3) is 0.353. The second-order valence-corrected chi connectivity index (χ2v) is 6.75. The molecule has 7 heteroatoms. The van der Waals surface area contributed by atoms with E-state index < -0.39 is 0 Å². The normalized spacial score (nSPS) is 11.8. The summed E-state index contributed by atoms with van der Waals surface area (Å²) in [6.07, 6.45) is 1.76. The van der Waals surface area contributed by atoms with Crippen LogP contribution in [-0.4, -0.2) is 31.0 Å². The molecule has 0 saturated carbocycles. The van der Waals surface area contributed by atoms with Gasteiger partial charge < -0.3 is 10.4 Å². The number of carbonyl (C=O) groups is 1. The Morgan fingerprint density at radius 3 is 2.79 bits per heavy atom. The van der Waals surface area contributed by atoms with E-state index in [4.69, 9.17) is 0 Å². The van der Waals surface area contributed by atoms with Gasteiger partial charge in [0.2, 0.25) is 0 Å². The van der Waals surface area contributed by atoms with E-state index >= 15 is 0 Å². The van der Waals surface area contributed by atoms with E-state index in [-0.39, 0.29) is 17.1 Å². The number of aryl methyl sites for hydroxylation is 1. The van der Waals surface area contributed by atoms with Gasteiger partial charge >= 0.3 is 0 Å². The number of carbonyl (C=O) groups excluding carboxylic acids is 1. The SMILES string of the molecule is CCn1cc(C(=O)Nc2n[nH]c3cc(O)ccc23)c(C(C)(C)C)n1. The van der Waals surface area contributed by atoms with E-state index in [0.717, 1.165) is 11.1 Å². The Kier molecular flexibility index (Phi) is 3.79. The molecule has 0 bridgehead atoms. The van der Waals surface area contributed by atoms with Crippen molar-refractivity contribution in [1.82, 2.24) is 20.0 Å². The lowest BCUT2D eigenvalue weighted by Gasteiger charge is -2.17. The zero-order valence-electron chi connectivity index (χ0n) is 14.2. The summed E-state index contributed by atoms with van der Waals surface area (Å²) in [5.41, 5.74) is 1.70. The van der Waals surface area contributed by atoms with E-state index in [2.05, 4.69) is 20.6 Å². The quantitative estimate of drug-likeness (QED) is 0.689. The van der Waals surface area contributed by atoms with Gasteiger partial charge in [-0.05, 0) is 19.1 Å². The van der Waals surface area contributed by atoms with Crippen LogP contribution >= 0.6 is 0 Å². The number of anilines is 1. The number of nitrogens with zero attached hydrogens (tertiary/aromatic N) is 3. The van der Waals surface area contributed by atoms with Crippen molar-refractivity contribution in [3.8, 4) is 5.75 Å². The summed E-state index contributed by atoms with van der Waals surface area (Å²) >= 11 is 0. The predicted molar refractivity (Wildman–Crippen MR) is 92.3 cm³/mol. The molecule has 0 atom stereocenters. The number of aromatic amines is 1.